The monoisotopic (exact) mass is 328 g/mol. The number of nitro groups is 1. The molecule has 1 aliphatic rings. The molecular formula is C12H13BrN2O4. The number of carboxylic acid groups (broad SMARTS) is 1. The predicted octanol–water partition coefficient (Wildman–Crippen LogP) is 2.51. The Labute approximate surface area is 118 Å². The van der Waals surface area contributed by atoms with Gasteiger partial charge in [0, 0.05) is 23.6 Å². The van der Waals surface area contributed by atoms with Crippen molar-refractivity contribution in [1.82, 2.24) is 0 Å². The molecule has 0 aliphatic carbocycles. The summed E-state index contributed by atoms with van der Waals surface area (Å²) in [7, 11) is 0. The number of hydrogen-bond acceptors (Lipinski definition) is 4. The molecule has 1 N–H and O–H groups in total. The summed E-state index contributed by atoms with van der Waals surface area (Å²) in [6.07, 6.45) is 0. The van der Waals surface area contributed by atoms with Crippen LogP contribution in [0.5, 0.6) is 0 Å². The Kier molecular flexibility index (Phi) is 3.75. The van der Waals surface area contributed by atoms with Gasteiger partial charge in [0.2, 0.25) is 0 Å². The molecule has 0 radical (unpaired) electrons. The van der Waals surface area contributed by atoms with Gasteiger partial charge in [-0.15, -0.1) is 0 Å². The number of rotatable bonds is 3. The van der Waals surface area contributed by atoms with Gasteiger partial charge in [-0.05, 0) is 18.1 Å². The number of carbonyl (C=O) groups is 1. The first-order valence-electron chi connectivity index (χ1n) is 5.82. The summed E-state index contributed by atoms with van der Waals surface area (Å²) in [6, 6.07) is 4.81. The minimum atomic E-state index is -0.852. The zero-order valence-electron chi connectivity index (χ0n) is 10.2. The van der Waals surface area contributed by atoms with E-state index >= 15 is 0 Å². The Morgan fingerprint density at radius 2 is 2.21 bits per heavy atom. The van der Waals surface area contributed by atoms with Crippen LogP contribution in [-0.2, 0) is 4.79 Å². The lowest BCUT2D eigenvalue weighted by molar-refractivity contribution is -0.384. The standard InChI is InChI=1S/C12H13BrN2O4/c1-7-5-14(6-9(7)12(16)17)10-3-2-8(13)4-11(10)15(18)19/h2-4,7,9H,5-6H2,1H3,(H,16,17)/t7-,9-/m1/s1. The maximum atomic E-state index is 11.1. The molecule has 0 unspecified atom stereocenters. The fraction of sp³-hybridized carbons (Fsp3) is 0.417. The molecule has 1 aliphatic heterocycles. The predicted molar refractivity (Wildman–Crippen MR) is 73.3 cm³/mol. The molecule has 1 aromatic carbocycles. The Morgan fingerprint density at radius 3 is 2.74 bits per heavy atom. The molecule has 0 spiro atoms. The number of nitro benzene ring substituents is 1. The average molecular weight is 329 g/mol. The first-order valence-corrected chi connectivity index (χ1v) is 6.61. The van der Waals surface area contributed by atoms with Crippen molar-refractivity contribution >= 4 is 33.3 Å². The van der Waals surface area contributed by atoms with Gasteiger partial charge in [-0.2, -0.15) is 0 Å². The molecule has 0 saturated carbocycles. The Bertz CT molecular complexity index is 534. The summed E-state index contributed by atoms with van der Waals surface area (Å²) in [5.41, 5.74) is 0.469. The summed E-state index contributed by atoms with van der Waals surface area (Å²) < 4.78 is 0.630. The zero-order chi connectivity index (χ0) is 14.2. The Balaban J connectivity index is 2.33. The van der Waals surface area contributed by atoms with Crippen LogP contribution < -0.4 is 4.90 Å². The number of hydrogen-bond donors (Lipinski definition) is 1. The first kappa shape index (κ1) is 13.8. The number of aliphatic carboxylic acids is 1. The summed E-state index contributed by atoms with van der Waals surface area (Å²) in [4.78, 5) is 23.5. The van der Waals surface area contributed by atoms with Crippen molar-refractivity contribution in [3.63, 3.8) is 0 Å². The topological polar surface area (TPSA) is 83.7 Å². The van der Waals surface area contributed by atoms with Gasteiger partial charge in [0.25, 0.3) is 5.69 Å². The number of anilines is 1. The number of nitrogens with zero attached hydrogens (tertiary/aromatic N) is 2. The van der Waals surface area contributed by atoms with Gasteiger partial charge in [0.15, 0.2) is 0 Å². The smallest absolute Gasteiger partial charge is 0.308 e. The quantitative estimate of drug-likeness (QED) is 0.680. The lowest BCUT2D eigenvalue weighted by atomic mass is 9.99. The van der Waals surface area contributed by atoms with Crippen LogP contribution in [0.25, 0.3) is 0 Å². The van der Waals surface area contributed by atoms with Crippen LogP contribution in [0.4, 0.5) is 11.4 Å². The van der Waals surface area contributed by atoms with E-state index in [4.69, 9.17) is 5.11 Å². The van der Waals surface area contributed by atoms with Crippen LogP contribution in [0.3, 0.4) is 0 Å². The fourth-order valence-corrected chi connectivity index (χ4v) is 2.74. The van der Waals surface area contributed by atoms with Crippen LogP contribution in [-0.4, -0.2) is 29.1 Å². The maximum absolute atomic E-state index is 11.1. The van der Waals surface area contributed by atoms with E-state index in [0.29, 0.717) is 23.2 Å². The highest BCUT2D eigenvalue weighted by atomic mass is 79.9. The van der Waals surface area contributed by atoms with E-state index in [2.05, 4.69) is 15.9 Å². The van der Waals surface area contributed by atoms with Crippen molar-refractivity contribution in [2.24, 2.45) is 11.8 Å². The maximum Gasteiger partial charge on any atom is 0.308 e. The van der Waals surface area contributed by atoms with Crippen LogP contribution in [0.2, 0.25) is 0 Å². The van der Waals surface area contributed by atoms with E-state index in [9.17, 15) is 14.9 Å². The van der Waals surface area contributed by atoms with Gasteiger partial charge in [-0.3, -0.25) is 14.9 Å². The first-order chi connectivity index (χ1) is 8.90. The van der Waals surface area contributed by atoms with E-state index in [0.717, 1.165) is 0 Å². The van der Waals surface area contributed by atoms with E-state index in [1.807, 2.05) is 6.92 Å². The molecule has 6 nitrogen and oxygen atoms in total. The van der Waals surface area contributed by atoms with Crippen LogP contribution in [0.15, 0.2) is 22.7 Å². The highest BCUT2D eigenvalue weighted by Crippen LogP contribution is 2.36. The second-order valence-corrected chi connectivity index (χ2v) is 5.63. The molecule has 2 atom stereocenters. The van der Waals surface area contributed by atoms with Crippen molar-refractivity contribution < 1.29 is 14.8 Å². The van der Waals surface area contributed by atoms with Crippen molar-refractivity contribution in [3.8, 4) is 0 Å². The third-order valence-electron chi connectivity index (χ3n) is 3.40. The molecule has 2 rings (SSSR count). The van der Waals surface area contributed by atoms with Crippen molar-refractivity contribution in [2.75, 3.05) is 18.0 Å². The normalized spacial score (nSPS) is 22.5. The summed E-state index contributed by atoms with van der Waals surface area (Å²) in [5, 5.41) is 20.2. The van der Waals surface area contributed by atoms with Crippen molar-refractivity contribution in [1.29, 1.82) is 0 Å². The number of halogens is 1. The van der Waals surface area contributed by atoms with Gasteiger partial charge in [-0.25, -0.2) is 0 Å². The van der Waals surface area contributed by atoms with Crippen LogP contribution in [0.1, 0.15) is 6.92 Å². The summed E-state index contributed by atoms with van der Waals surface area (Å²) in [5.74, 6) is -1.36. The molecule has 1 fully saturated rings. The molecule has 7 heteroatoms. The molecule has 0 bridgehead atoms. The highest BCUT2D eigenvalue weighted by molar-refractivity contribution is 9.10. The van der Waals surface area contributed by atoms with Crippen molar-refractivity contribution in [2.45, 2.75) is 6.92 Å². The number of benzene rings is 1. The van der Waals surface area contributed by atoms with E-state index < -0.39 is 16.8 Å². The van der Waals surface area contributed by atoms with Gasteiger partial charge < -0.3 is 10.0 Å². The molecule has 0 aromatic heterocycles. The SMILES string of the molecule is C[C@@H]1CN(c2ccc(Br)cc2[N+](=O)[O-])C[C@H]1C(=O)O. The van der Waals surface area contributed by atoms with Gasteiger partial charge in [0.05, 0.1) is 10.8 Å². The fourth-order valence-electron chi connectivity index (χ4n) is 2.40. The Hall–Kier alpha value is -1.63. The lowest BCUT2D eigenvalue weighted by Crippen LogP contribution is -2.23. The molecule has 1 saturated heterocycles. The zero-order valence-corrected chi connectivity index (χ0v) is 11.8. The summed E-state index contributed by atoms with van der Waals surface area (Å²) >= 11 is 3.20. The van der Waals surface area contributed by atoms with E-state index in [1.165, 1.54) is 6.07 Å². The average Bonchev–Trinajstić information content (AvgIpc) is 2.71. The lowest BCUT2D eigenvalue weighted by Gasteiger charge is -2.18. The third-order valence-corrected chi connectivity index (χ3v) is 3.90. The van der Waals surface area contributed by atoms with Crippen LogP contribution >= 0.6 is 15.9 Å². The van der Waals surface area contributed by atoms with E-state index in [-0.39, 0.29) is 11.6 Å². The molecule has 102 valence electrons. The molecule has 19 heavy (non-hydrogen) atoms. The molecule has 0 amide bonds. The molecular weight excluding hydrogens is 316 g/mol. The van der Waals surface area contributed by atoms with Gasteiger partial charge in [0.1, 0.15) is 5.69 Å². The van der Waals surface area contributed by atoms with Crippen molar-refractivity contribution in [3.05, 3.63) is 32.8 Å². The second kappa shape index (κ2) is 5.16. The van der Waals surface area contributed by atoms with E-state index in [1.54, 1.807) is 17.0 Å². The summed E-state index contributed by atoms with van der Waals surface area (Å²) in [6.45, 7) is 2.67. The number of carboxylic acids is 1. The largest absolute Gasteiger partial charge is 0.481 e. The highest BCUT2D eigenvalue weighted by Gasteiger charge is 2.36. The third kappa shape index (κ3) is 2.70. The minimum Gasteiger partial charge on any atom is -0.481 e. The molecule has 1 heterocycles. The molecule has 1 aromatic rings. The van der Waals surface area contributed by atoms with Gasteiger partial charge >= 0.3 is 5.97 Å². The second-order valence-electron chi connectivity index (χ2n) is 4.72. The minimum absolute atomic E-state index is 0.00684. The Morgan fingerprint density at radius 1 is 1.53 bits per heavy atom. The van der Waals surface area contributed by atoms with Gasteiger partial charge in [-0.1, -0.05) is 22.9 Å². The van der Waals surface area contributed by atoms with Crippen LogP contribution in [0, 0.1) is 22.0 Å².